The van der Waals surface area contributed by atoms with Gasteiger partial charge in [0.2, 0.25) is 0 Å². The molecule has 158 valence electrons. The zero-order valence-corrected chi connectivity index (χ0v) is 18.2. The van der Waals surface area contributed by atoms with Gasteiger partial charge in [0.1, 0.15) is 5.71 Å². The van der Waals surface area contributed by atoms with Gasteiger partial charge in [0.25, 0.3) is 5.91 Å². The van der Waals surface area contributed by atoms with Crippen LogP contribution in [0.1, 0.15) is 28.7 Å². The molecule has 31 heavy (non-hydrogen) atoms. The Labute approximate surface area is 184 Å². The Morgan fingerprint density at radius 1 is 1.00 bits per heavy atom. The third-order valence-electron chi connectivity index (χ3n) is 5.52. The average Bonchev–Trinajstić information content (AvgIpc) is 3.25. The van der Waals surface area contributed by atoms with E-state index >= 15 is 0 Å². The highest BCUT2D eigenvalue weighted by molar-refractivity contribution is 7.84. The molecule has 0 fully saturated rings. The Morgan fingerprint density at radius 2 is 1.74 bits per heavy atom. The predicted octanol–water partition coefficient (Wildman–Crippen LogP) is 4.53. The minimum absolute atomic E-state index is 0.0830. The SMILES string of the molecule is CS(=O)c1ccc(CNc2ccccc2C(=N)C(=O)Nc2ccc3c(c2)CCC3)cc1. The van der Waals surface area contributed by atoms with Crippen LogP contribution in [0.2, 0.25) is 0 Å². The lowest BCUT2D eigenvalue weighted by Crippen LogP contribution is -2.24. The van der Waals surface area contributed by atoms with Gasteiger partial charge in [-0.2, -0.15) is 0 Å². The molecule has 1 unspecified atom stereocenters. The summed E-state index contributed by atoms with van der Waals surface area (Å²) in [5.41, 5.74) is 5.57. The van der Waals surface area contributed by atoms with E-state index in [0.29, 0.717) is 12.1 Å². The van der Waals surface area contributed by atoms with Crippen LogP contribution in [0, 0.1) is 5.41 Å². The molecule has 1 atom stereocenters. The number of amides is 1. The van der Waals surface area contributed by atoms with Gasteiger partial charge in [-0.25, -0.2) is 0 Å². The van der Waals surface area contributed by atoms with Crippen molar-refractivity contribution in [3.8, 4) is 0 Å². The van der Waals surface area contributed by atoms with Crippen molar-refractivity contribution in [2.45, 2.75) is 30.7 Å². The molecule has 1 aliphatic rings. The molecule has 3 aromatic carbocycles. The van der Waals surface area contributed by atoms with Crippen molar-refractivity contribution in [1.82, 2.24) is 0 Å². The van der Waals surface area contributed by atoms with Crippen LogP contribution in [-0.2, 0) is 35.0 Å². The Balaban J connectivity index is 1.45. The second-order valence-corrected chi connectivity index (χ2v) is 9.04. The van der Waals surface area contributed by atoms with E-state index in [9.17, 15) is 9.00 Å². The van der Waals surface area contributed by atoms with Gasteiger partial charge in [-0.1, -0.05) is 36.4 Å². The Morgan fingerprint density at radius 3 is 2.52 bits per heavy atom. The molecule has 0 radical (unpaired) electrons. The van der Waals surface area contributed by atoms with Crippen molar-refractivity contribution in [2.75, 3.05) is 16.9 Å². The van der Waals surface area contributed by atoms with Gasteiger partial charge in [0, 0.05) is 45.4 Å². The molecule has 0 aliphatic heterocycles. The van der Waals surface area contributed by atoms with E-state index in [2.05, 4.69) is 16.7 Å². The van der Waals surface area contributed by atoms with Gasteiger partial charge in [0.05, 0.1) is 0 Å². The smallest absolute Gasteiger partial charge is 0.274 e. The van der Waals surface area contributed by atoms with Crippen LogP contribution in [0.4, 0.5) is 11.4 Å². The van der Waals surface area contributed by atoms with Gasteiger partial charge in [-0.05, 0) is 66.3 Å². The quantitative estimate of drug-likeness (QED) is 0.481. The van der Waals surface area contributed by atoms with E-state index in [1.54, 1.807) is 12.3 Å². The maximum absolute atomic E-state index is 12.7. The normalized spacial score (nSPS) is 13.3. The van der Waals surface area contributed by atoms with Crippen molar-refractivity contribution in [3.05, 3.63) is 89.0 Å². The Kier molecular flexibility index (Phi) is 6.28. The third kappa shape index (κ3) is 4.91. The minimum atomic E-state index is -1.00. The highest BCUT2D eigenvalue weighted by atomic mass is 32.2. The van der Waals surface area contributed by atoms with E-state index in [4.69, 9.17) is 5.41 Å². The summed E-state index contributed by atoms with van der Waals surface area (Å²) >= 11 is 0. The van der Waals surface area contributed by atoms with E-state index in [0.717, 1.165) is 41.1 Å². The monoisotopic (exact) mass is 431 g/mol. The zero-order valence-electron chi connectivity index (χ0n) is 17.4. The summed E-state index contributed by atoms with van der Waals surface area (Å²) in [6.45, 7) is 0.535. The molecule has 3 aromatic rings. The maximum Gasteiger partial charge on any atom is 0.274 e. The molecule has 0 spiro atoms. The van der Waals surface area contributed by atoms with Crippen LogP contribution in [0.25, 0.3) is 0 Å². The zero-order chi connectivity index (χ0) is 21.8. The number of carbonyl (C=O) groups excluding carboxylic acids is 1. The fourth-order valence-electron chi connectivity index (χ4n) is 3.82. The molecule has 3 N–H and O–H groups in total. The summed E-state index contributed by atoms with van der Waals surface area (Å²) in [6.07, 6.45) is 4.94. The van der Waals surface area contributed by atoms with E-state index in [1.165, 1.54) is 11.1 Å². The largest absolute Gasteiger partial charge is 0.380 e. The van der Waals surface area contributed by atoms with Crippen LogP contribution in [-0.4, -0.2) is 22.1 Å². The van der Waals surface area contributed by atoms with Crippen molar-refractivity contribution < 1.29 is 9.00 Å². The van der Waals surface area contributed by atoms with Crippen LogP contribution in [0.15, 0.2) is 71.6 Å². The lowest BCUT2D eigenvalue weighted by molar-refractivity contribution is -0.110. The summed E-state index contributed by atoms with van der Waals surface area (Å²) < 4.78 is 11.5. The molecule has 5 nitrogen and oxygen atoms in total. The van der Waals surface area contributed by atoms with Gasteiger partial charge in [0.15, 0.2) is 0 Å². The molecule has 1 aliphatic carbocycles. The fraction of sp³-hybridized carbons (Fsp3) is 0.200. The Hall–Kier alpha value is -3.25. The standard InChI is InChI=1S/C25H25N3O2S/c1-31(30)21-13-9-17(10-14-21)16-27-23-8-3-2-7-22(23)24(26)25(29)28-20-12-11-18-5-4-6-19(18)15-20/h2-3,7-15,26-27H,4-6,16H2,1H3,(H,28,29). The number of carbonyl (C=O) groups is 1. The third-order valence-corrected chi connectivity index (χ3v) is 6.45. The summed E-state index contributed by atoms with van der Waals surface area (Å²) in [6, 6.07) is 20.9. The number of hydrogen-bond donors (Lipinski definition) is 3. The topological polar surface area (TPSA) is 82.1 Å². The van der Waals surface area contributed by atoms with E-state index in [1.807, 2.05) is 54.6 Å². The van der Waals surface area contributed by atoms with Crippen LogP contribution >= 0.6 is 0 Å². The van der Waals surface area contributed by atoms with Gasteiger partial charge < -0.3 is 10.6 Å². The summed E-state index contributed by atoms with van der Waals surface area (Å²) in [7, 11) is -1.00. The van der Waals surface area contributed by atoms with Crippen molar-refractivity contribution in [1.29, 1.82) is 5.41 Å². The predicted molar refractivity (Wildman–Crippen MR) is 126 cm³/mol. The van der Waals surface area contributed by atoms with Crippen LogP contribution in [0.3, 0.4) is 0 Å². The lowest BCUT2D eigenvalue weighted by atomic mass is 10.1. The molecule has 0 heterocycles. The highest BCUT2D eigenvalue weighted by Crippen LogP contribution is 2.25. The number of hydrogen-bond acceptors (Lipinski definition) is 4. The second-order valence-electron chi connectivity index (χ2n) is 7.66. The molecule has 6 heteroatoms. The van der Waals surface area contributed by atoms with Gasteiger partial charge >= 0.3 is 0 Å². The van der Waals surface area contributed by atoms with Crippen molar-refractivity contribution in [2.24, 2.45) is 0 Å². The molecule has 1 amide bonds. The number of aryl methyl sites for hydroxylation is 2. The molecular formula is C25H25N3O2S. The minimum Gasteiger partial charge on any atom is -0.380 e. The first-order valence-corrected chi connectivity index (χ1v) is 11.8. The first-order chi connectivity index (χ1) is 15.0. The van der Waals surface area contributed by atoms with Gasteiger partial charge in [-0.15, -0.1) is 0 Å². The molecular weight excluding hydrogens is 406 g/mol. The summed E-state index contributed by atoms with van der Waals surface area (Å²) in [5, 5.41) is 14.6. The number of para-hydroxylation sites is 1. The second kappa shape index (κ2) is 9.27. The lowest BCUT2D eigenvalue weighted by Gasteiger charge is -2.14. The fourth-order valence-corrected chi connectivity index (χ4v) is 4.34. The number of fused-ring (bicyclic) bond motifs is 1. The Bertz CT molecular complexity index is 1160. The van der Waals surface area contributed by atoms with Crippen LogP contribution in [0.5, 0.6) is 0 Å². The first-order valence-electron chi connectivity index (χ1n) is 10.3. The number of anilines is 2. The summed E-state index contributed by atoms with van der Waals surface area (Å²) in [5.74, 6) is -0.429. The molecule has 0 bridgehead atoms. The summed E-state index contributed by atoms with van der Waals surface area (Å²) in [4.78, 5) is 13.5. The molecule has 4 rings (SSSR count). The molecule has 0 saturated carbocycles. The van der Waals surface area contributed by atoms with Crippen LogP contribution < -0.4 is 10.6 Å². The number of rotatable bonds is 7. The maximum atomic E-state index is 12.7. The average molecular weight is 432 g/mol. The van der Waals surface area contributed by atoms with Crippen molar-refractivity contribution >= 4 is 33.8 Å². The highest BCUT2D eigenvalue weighted by Gasteiger charge is 2.17. The van der Waals surface area contributed by atoms with Gasteiger partial charge in [-0.3, -0.25) is 14.4 Å². The van der Waals surface area contributed by atoms with Crippen molar-refractivity contribution in [3.63, 3.8) is 0 Å². The first kappa shape index (κ1) is 21.0. The van der Waals surface area contributed by atoms with E-state index in [-0.39, 0.29) is 5.71 Å². The molecule has 0 aromatic heterocycles. The number of benzene rings is 3. The van der Waals surface area contributed by atoms with E-state index < -0.39 is 16.7 Å². The molecule has 0 saturated heterocycles. The number of nitrogens with one attached hydrogen (secondary N) is 3.